The van der Waals surface area contributed by atoms with Gasteiger partial charge >= 0.3 is 0 Å². The van der Waals surface area contributed by atoms with Crippen LogP contribution in [0.5, 0.6) is 0 Å². The van der Waals surface area contributed by atoms with E-state index in [1.165, 1.54) is 22.9 Å². The molecule has 3 rings (SSSR count). The van der Waals surface area contributed by atoms with Gasteiger partial charge in [-0.1, -0.05) is 32.0 Å². The maximum absolute atomic E-state index is 6.01. The number of nitrogens with two attached hydrogens (primary N) is 1. The van der Waals surface area contributed by atoms with Crippen LogP contribution in [0.2, 0.25) is 0 Å². The maximum Gasteiger partial charge on any atom is 0.0457 e. The summed E-state index contributed by atoms with van der Waals surface area (Å²) in [4.78, 5) is 3.35. The minimum absolute atomic E-state index is 0.187. The van der Waals surface area contributed by atoms with E-state index in [0.717, 1.165) is 6.54 Å². The Morgan fingerprint density at radius 2 is 2.00 bits per heavy atom. The van der Waals surface area contributed by atoms with Crippen molar-refractivity contribution in [1.29, 1.82) is 0 Å². The van der Waals surface area contributed by atoms with E-state index in [1.807, 2.05) is 0 Å². The van der Waals surface area contributed by atoms with E-state index in [4.69, 9.17) is 5.73 Å². The lowest BCUT2D eigenvalue weighted by Crippen LogP contribution is -2.24. The van der Waals surface area contributed by atoms with Crippen LogP contribution >= 0.6 is 0 Å². The molecule has 1 aromatic heterocycles. The monoisotopic (exact) mass is 214 g/mol. The van der Waals surface area contributed by atoms with Crippen molar-refractivity contribution in [2.75, 3.05) is 6.54 Å². The van der Waals surface area contributed by atoms with Crippen molar-refractivity contribution in [3.05, 3.63) is 36.0 Å². The van der Waals surface area contributed by atoms with E-state index >= 15 is 0 Å². The van der Waals surface area contributed by atoms with Gasteiger partial charge < -0.3 is 10.7 Å². The van der Waals surface area contributed by atoms with Crippen molar-refractivity contribution in [2.45, 2.75) is 25.7 Å². The number of aromatic amines is 1. The molecule has 2 aromatic rings. The maximum atomic E-state index is 6.01. The molecular formula is C14H18N2. The summed E-state index contributed by atoms with van der Waals surface area (Å²) in [6.45, 7) is 5.35. The van der Waals surface area contributed by atoms with Crippen molar-refractivity contribution in [3.63, 3.8) is 0 Å². The highest BCUT2D eigenvalue weighted by Gasteiger charge is 2.61. The van der Waals surface area contributed by atoms with Crippen molar-refractivity contribution in [1.82, 2.24) is 4.98 Å². The predicted molar refractivity (Wildman–Crippen MR) is 67.4 cm³/mol. The number of hydrogen-bond donors (Lipinski definition) is 2. The van der Waals surface area contributed by atoms with E-state index in [1.54, 1.807) is 0 Å². The molecule has 84 valence electrons. The van der Waals surface area contributed by atoms with E-state index in [9.17, 15) is 0 Å². The molecule has 0 amide bonds. The quantitative estimate of drug-likeness (QED) is 0.793. The van der Waals surface area contributed by atoms with E-state index < -0.39 is 0 Å². The standard InChI is InChI=1S/C14H18N2/c1-13(2)8-14(13,9-15)11-7-16-12-6-4-3-5-10(11)12/h3-7,16H,8-9,15H2,1-2H3. The molecule has 2 nitrogen and oxygen atoms in total. The molecule has 1 saturated carbocycles. The van der Waals surface area contributed by atoms with Gasteiger partial charge in [0.1, 0.15) is 0 Å². The SMILES string of the molecule is CC1(C)CC1(CN)c1c[nH]c2ccccc12. The number of para-hydroxylation sites is 1. The normalized spacial score (nSPS) is 27.2. The van der Waals surface area contributed by atoms with E-state index in [0.29, 0.717) is 5.41 Å². The van der Waals surface area contributed by atoms with Crippen LogP contribution in [0.1, 0.15) is 25.8 Å². The van der Waals surface area contributed by atoms with Gasteiger partial charge in [-0.3, -0.25) is 0 Å². The van der Waals surface area contributed by atoms with Crippen LogP contribution in [0.4, 0.5) is 0 Å². The Hall–Kier alpha value is -1.28. The zero-order valence-corrected chi connectivity index (χ0v) is 9.88. The van der Waals surface area contributed by atoms with Crippen LogP contribution in [0.25, 0.3) is 10.9 Å². The molecule has 1 atom stereocenters. The van der Waals surface area contributed by atoms with Gasteiger partial charge in [0.15, 0.2) is 0 Å². The molecule has 0 saturated heterocycles. The summed E-state index contributed by atoms with van der Waals surface area (Å²) in [5.74, 6) is 0. The van der Waals surface area contributed by atoms with Gasteiger partial charge in [-0.15, -0.1) is 0 Å². The Balaban J connectivity index is 2.20. The van der Waals surface area contributed by atoms with E-state index in [2.05, 4.69) is 49.3 Å². The predicted octanol–water partition coefficient (Wildman–Crippen LogP) is 2.79. The first-order valence-electron chi connectivity index (χ1n) is 5.87. The molecule has 0 bridgehead atoms. The van der Waals surface area contributed by atoms with Crippen molar-refractivity contribution in [2.24, 2.45) is 11.1 Å². The molecular weight excluding hydrogens is 196 g/mol. The average Bonchev–Trinajstić information content (AvgIpc) is 2.67. The number of fused-ring (bicyclic) bond motifs is 1. The number of nitrogens with one attached hydrogen (secondary N) is 1. The highest BCUT2D eigenvalue weighted by molar-refractivity contribution is 5.85. The zero-order valence-electron chi connectivity index (χ0n) is 9.88. The third-order valence-corrected chi connectivity index (χ3v) is 4.37. The largest absolute Gasteiger partial charge is 0.361 e. The minimum Gasteiger partial charge on any atom is -0.361 e. The van der Waals surface area contributed by atoms with Gasteiger partial charge in [-0.05, 0) is 23.5 Å². The fourth-order valence-electron chi connectivity index (χ4n) is 3.10. The lowest BCUT2D eigenvalue weighted by Gasteiger charge is -2.17. The molecule has 2 heteroatoms. The molecule has 0 aliphatic heterocycles. The molecule has 1 fully saturated rings. The topological polar surface area (TPSA) is 41.8 Å². The Labute approximate surface area is 95.8 Å². The van der Waals surface area contributed by atoms with Crippen LogP contribution in [0.3, 0.4) is 0 Å². The first-order valence-corrected chi connectivity index (χ1v) is 5.87. The van der Waals surface area contributed by atoms with Crippen molar-refractivity contribution >= 4 is 10.9 Å². The van der Waals surface area contributed by atoms with Gasteiger partial charge in [0, 0.05) is 29.1 Å². The molecule has 1 unspecified atom stereocenters. The molecule has 1 heterocycles. The number of aromatic nitrogens is 1. The summed E-state index contributed by atoms with van der Waals surface area (Å²) < 4.78 is 0. The molecule has 1 aliphatic carbocycles. The second-order valence-electron chi connectivity index (χ2n) is 5.59. The smallest absolute Gasteiger partial charge is 0.0457 e. The molecule has 1 aliphatic rings. The number of rotatable bonds is 2. The fourth-order valence-corrected chi connectivity index (χ4v) is 3.10. The van der Waals surface area contributed by atoms with Crippen LogP contribution in [-0.4, -0.2) is 11.5 Å². The number of hydrogen-bond acceptors (Lipinski definition) is 1. The molecule has 3 N–H and O–H groups in total. The third-order valence-electron chi connectivity index (χ3n) is 4.37. The summed E-state index contributed by atoms with van der Waals surface area (Å²) >= 11 is 0. The third kappa shape index (κ3) is 1.05. The lowest BCUT2D eigenvalue weighted by atomic mass is 9.88. The van der Waals surface area contributed by atoms with Gasteiger partial charge in [-0.25, -0.2) is 0 Å². The average molecular weight is 214 g/mol. The second kappa shape index (κ2) is 2.89. The minimum atomic E-state index is 0.187. The van der Waals surface area contributed by atoms with Crippen LogP contribution in [0.15, 0.2) is 30.5 Å². The highest BCUT2D eigenvalue weighted by atomic mass is 14.8. The summed E-state index contributed by atoms with van der Waals surface area (Å²) in [5, 5.41) is 1.33. The van der Waals surface area contributed by atoms with Crippen molar-refractivity contribution < 1.29 is 0 Å². The van der Waals surface area contributed by atoms with Crippen LogP contribution in [-0.2, 0) is 5.41 Å². The first kappa shape index (κ1) is 9.91. The Bertz CT molecular complexity index is 538. The zero-order chi connectivity index (χ0) is 11.4. The highest BCUT2D eigenvalue weighted by Crippen LogP contribution is 2.64. The summed E-state index contributed by atoms with van der Waals surface area (Å²) in [5.41, 5.74) is 9.15. The summed E-state index contributed by atoms with van der Waals surface area (Å²) in [7, 11) is 0. The summed E-state index contributed by atoms with van der Waals surface area (Å²) in [6.07, 6.45) is 3.34. The van der Waals surface area contributed by atoms with Crippen LogP contribution in [0, 0.1) is 5.41 Å². The molecule has 1 aromatic carbocycles. The Morgan fingerprint density at radius 3 is 2.62 bits per heavy atom. The van der Waals surface area contributed by atoms with Crippen molar-refractivity contribution in [3.8, 4) is 0 Å². The van der Waals surface area contributed by atoms with Gasteiger partial charge in [0.05, 0.1) is 0 Å². The first-order chi connectivity index (χ1) is 7.61. The lowest BCUT2D eigenvalue weighted by molar-refractivity contribution is 0.505. The van der Waals surface area contributed by atoms with Gasteiger partial charge in [0.2, 0.25) is 0 Å². The van der Waals surface area contributed by atoms with Gasteiger partial charge in [0.25, 0.3) is 0 Å². The molecule has 0 spiro atoms. The number of H-pyrrole nitrogens is 1. The molecule has 0 radical (unpaired) electrons. The Kier molecular flexibility index (Phi) is 1.79. The molecule has 16 heavy (non-hydrogen) atoms. The summed E-state index contributed by atoms with van der Waals surface area (Å²) in [6, 6.07) is 8.47. The number of benzene rings is 1. The van der Waals surface area contributed by atoms with E-state index in [-0.39, 0.29) is 5.41 Å². The second-order valence-corrected chi connectivity index (χ2v) is 5.59. The van der Waals surface area contributed by atoms with Crippen LogP contribution < -0.4 is 5.73 Å². The van der Waals surface area contributed by atoms with Gasteiger partial charge in [-0.2, -0.15) is 0 Å². The fraction of sp³-hybridized carbons (Fsp3) is 0.429. The Morgan fingerprint density at radius 1 is 1.31 bits per heavy atom.